The number of ether oxygens (including phenoxy) is 3. The van der Waals surface area contributed by atoms with Crippen LogP contribution in [0.25, 0.3) is 0 Å². The maximum atomic E-state index is 12.2. The van der Waals surface area contributed by atoms with Gasteiger partial charge < -0.3 is 14.2 Å². The highest BCUT2D eigenvalue weighted by atomic mass is 35.5. The van der Waals surface area contributed by atoms with E-state index in [2.05, 4.69) is 31.0 Å². The van der Waals surface area contributed by atoms with E-state index >= 15 is 0 Å². The van der Waals surface area contributed by atoms with Crippen LogP contribution in [0, 0.1) is 0 Å². The molecule has 0 aliphatic rings. The molecule has 1 aromatic carbocycles. The molecule has 1 heterocycles. The number of para-hydroxylation sites is 1. The monoisotopic (exact) mass is 364 g/mol. The third-order valence-electron chi connectivity index (χ3n) is 3.44. The molecule has 0 saturated carbocycles. The quantitative estimate of drug-likeness (QED) is 0.732. The van der Waals surface area contributed by atoms with E-state index in [1.165, 1.54) is 7.11 Å². The van der Waals surface area contributed by atoms with Crippen molar-refractivity contribution >= 4 is 17.6 Å². The van der Waals surface area contributed by atoms with Crippen LogP contribution < -0.4 is 9.47 Å². The van der Waals surface area contributed by atoms with Crippen LogP contribution in [-0.2, 0) is 10.2 Å². The lowest BCUT2D eigenvalue weighted by molar-refractivity contribution is 0.0521. The molecule has 0 bridgehead atoms. The van der Waals surface area contributed by atoms with Gasteiger partial charge in [0.2, 0.25) is 5.75 Å². The third kappa shape index (κ3) is 4.20. The Bertz CT molecular complexity index is 772. The van der Waals surface area contributed by atoms with Crippen molar-refractivity contribution in [1.29, 1.82) is 0 Å². The van der Waals surface area contributed by atoms with E-state index in [0.29, 0.717) is 5.75 Å². The number of methoxy groups -OCH3 is 1. The summed E-state index contributed by atoms with van der Waals surface area (Å²) in [4.78, 5) is 12.2. The van der Waals surface area contributed by atoms with Crippen LogP contribution in [0.15, 0.2) is 24.3 Å². The Kier molecular flexibility index (Phi) is 5.85. The van der Waals surface area contributed by atoms with Crippen LogP contribution in [0.5, 0.6) is 17.4 Å². The number of nitrogens with zero attached hydrogens (tertiary/aromatic N) is 2. The molecule has 25 heavy (non-hydrogen) atoms. The Labute approximate surface area is 152 Å². The molecule has 0 spiro atoms. The van der Waals surface area contributed by atoms with Gasteiger partial charge in [-0.05, 0) is 18.4 Å². The van der Waals surface area contributed by atoms with Crippen LogP contribution in [-0.4, -0.2) is 29.9 Å². The summed E-state index contributed by atoms with van der Waals surface area (Å²) in [6.07, 6.45) is 0. The molecule has 2 aromatic rings. The summed E-state index contributed by atoms with van der Waals surface area (Å²) in [6, 6.07) is 7.58. The van der Waals surface area contributed by atoms with Gasteiger partial charge in [-0.2, -0.15) is 0 Å². The standard InChI is InChI=1S/C18H21ClN2O4/c1-6-24-17(22)13-14(23-5)16(21-20-15(13)19)25-12-10-8-7-9-11(12)18(2,3)4/h7-10H,6H2,1-5H3. The predicted octanol–water partition coefficient (Wildman–Crippen LogP) is 4.41. The predicted molar refractivity (Wildman–Crippen MR) is 94.8 cm³/mol. The molecule has 7 heteroatoms. The van der Waals surface area contributed by atoms with Gasteiger partial charge in [0, 0.05) is 5.56 Å². The van der Waals surface area contributed by atoms with Crippen molar-refractivity contribution in [3.8, 4) is 17.4 Å². The van der Waals surface area contributed by atoms with Crippen molar-refractivity contribution in [2.75, 3.05) is 13.7 Å². The van der Waals surface area contributed by atoms with Gasteiger partial charge in [0.15, 0.2) is 5.15 Å². The third-order valence-corrected chi connectivity index (χ3v) is 3.71. The number of carbonyl (C=O) groups excluding carboxylic acids is 1. The number of esters is 1. The van der Waals surface area contributed by atoms with Crippen molar-refractivity contribution < 1.29 is 19.0 Å². The normalized spacial score (nSPS) is 11.1. The largest absolute Gasteiger partial charge is 0.490 e. The van der Waals surface area contributed by atoms with Crippen molar-refractivity contribution in [3.63, 3.8) is 0 Å². The van der Waals surface area contributed by atoms with Gasteiger partial charge in [-0.15, -0.1) is 10.2 Å². The highest BCUT2D eigenvalue weighted by Gasteiger charge is 2.26. The zero-order valence-electron chi connectivity index (χ0n) is 14.9. The molecule has 0 aliphatic carbocycles. The molecule has 0 unspecified atom stereocenters. The highest BCUT2D eigenvalue weighted by molar-refractivity contribution is 6.32. The van der Waals surface area contributed by atoms with Gasteiger partial charge in [-0.25, -0.2) is 4.79 Å². The molecule has 0 radical (unpaired) electrons. The lowest BCUT2D eigenvalue weighted by Crippen LogP contribution is -2.14. The summed E-state index contributed by atoms with van der Waals surface area (Å²) in [7, 11) is 1.40. The van der Waals surface area contributed by atoms with Crippen LogP contribution >= 0.6 is 11.6 Å². The van der Waals surface area contributed by atoms with Crippen molar-refractivity contribution in [1.82, 2.24) is 10.2 Å². The van der Waals surface area contributed by atoms with E-state index in [1.54, 1.807) is 6.92 Å². The van der Waals surface area contributed by atoms with Gasteiger partial charge >= 0.3 is 5.97 Å². The first-order valence-electron chi connectivity index (χ1n) is 7.84. The van der Waals surface area contributed by atoms with E-state index in [9.17, 15) is 4.79 Å². The second kappa shape index (κ2) is 7.70. The van der Waals surface area contributed by atoms with Gasteiger partial charge in [0.05, 0.1) is 13.7 Å². The fraction of sp³-hybridized carbons (Fsp3) is 0.389. The van der Waals surface area contributed by atoms with E-state index < -0.39 is 5.97 Å². The van der Waals surface area contributed by atoms with Gasteiger partial charge in [0.25, 0.3) is 5.88 Å². The lowest BCUT2D eigenvalue weighted by Gasteiger charge is -2.22. The molecule has 2 rings (SSSR count). The molecule has 0 N–H and O–H groups in total. The second-order valence-corrected chi connectivity index (χ2v) is 6.63. The van der Waals surface area contributed by atoms with Crippen molar-refractivity contribution in [2.24, 2.45) is 0 Å². The Morgan fingerprint density at radius 1 is 1.20 bits per heavy atom. The van der Waals surface area contributed by atoms with Crippen LogP contribution in [0.4, 0.5) is 0 Å². The lowest BCUT2D eigenvalue weighted by atomic mass is 9.86. The molecule has 0 atom stereocenters. The van der Waals surface area contributed by atoms with E-state index in [4.69, 9.17) is 25.8 Å². The summed E-state index contributed by atoms with van der Waals surface area (Å²) in [5.41, 5.74) is 0.823. The number of rotatable bonds is 5. The molecule has 0 fully saturated rings. The zero-order chi connectivity index (χ0) is 18.6. The Hall–Kier alpha value is -2.34. The minimum absolute atomic E-state index is 0.00995. The SMILES string of the molecule is CCOC(=O)c1c(Cl)nnc(Oc2ccccc2C(C)(C)C)c1OC. The van der Waals surface area contributed by atoms with Gasteiger partial charge in [0.1, 0.15) is 11.3 Å². The number of carbonyl (C=O) groups is 1. The first-order valence-corrected chi connectivity index (χ1v) is 8.22. The molecule has 134 valence electrons. The smallest absolute Gasteiger partial charge is 0.345 e. The maximum Gasteiger partial charge on any atom is 0.345 e. The fourth-order valence-electron chi connectivity index (χ4n) is 2.30. The van der Waals surface area contributed by atoms with Crippen LogP contribution in [0.3, 0.4) is 0 Å². The summed E-state index contributed by atoms with van der Waals surface area (Å²) >= 11 is 6.01. The Balaban J connectivity index is 2.52. The van der Waals surface area contributed by atoms with Crippen LogP contribution in [0.1, 0.15) is 43.6 Å². The van der Waals surface area contributed by atoms with Crippen molar-refractivity contribution in [3.05, 3.63) is 40.5 Å². The molecule has 1 aromatic heterocycles. The zero-order valence-corrected chi connectivity index (χ0v) is 15.7. The van der Waals surface area contributed by atoms with Crippen LogP contribution in [0.2, 0.25) is 5.15 Å². The van der Waals surface area contributed by atoms with Crippen molar-refractivity contribution in [2.45, 2.75) is 33.1 Å². The number of halogens is 1. The first-order chi connectivity index (χ1) is 11.8. The number of hydrogen-bond donors (Lipinski definition) is 0. The number of hydrogen-bond acceptors (Lipinski definition) is 6. The van der Waals surface area contributed by atoms with Gasteiger partial charge in [-0.3, -0.25) is 0 Å². The summed E-state index contributed by atoms with van der Waals surface area (Å²) < 4.78 is 16.2. The Morgan fingerprint density at radius 3 is 2.48 bits per heavy atom. The fourth-order valence-corrected chi connectivity index (χ4v) is 2.50. The van der Waals surface area contributed by atoms with Gasteiger partial charge in [-0.1, -0.05) is 50.6 Å². The first kappa shape index (κ1) is 19.0. The summed E-state index contributed by atoms with van der Waals surface area (Å²) in [6.45, 7) is 8.12. The molecule has 6 nitrogen and oxygen atoms in total. The number of benzene rings is 1. The minimum Gasteiger partial charge on any atom is -0.490 e. The van der Waals surface area contributed by atoms with E-state index in [0.717, 1.165) is 5.56 Å². The highest BCUT2D eigenvalue weighted by Crippen LogP contribution is 2.39. The molecule has 0 amide bonds. The van der Waals surface area contributed by atoms with E-state index in [-0.39, 0.29) is 34.4 Å². The second-order valence-electron chi connectivity index (χ2n) is 6.27. The molecule has 0 saturated heterocycles. The summed E-state index contributed by atoms with van der Waals surface area (Å²) in [5, 5.41) is 7.62. The number of aromatic nitrogens is 2. The maximum absolute atomic E-state index is 12.2. The molecular formula is C18H21ClN2O4. The molecular weight excluding hydrogens is 344 g/mol. The molecule has 0 aliphatic heterocycles. The summed E-state index contributed by atoms with van der Waals surface area (Å²) in [5.74, 6) is 0.0850. The van der Waals surface area contributed by atoms with E-state index in [1.807, 2.05) is 24.3 Å². The minimum atomic E-state index is -0.645. The average Bonchev–Trinajstić information content (AvgIpc) is 2.55. The topological polar surface area (TPSA) is 70.5 Å². The Morgan fingerprint density at radius 2 is 1.88 bits per heavy atom. The average molecular weight is 365 g/mol.